The Balaban J connectivity index is 3.50. The maximum Gasteiger partial charge on any atom is 0.266 e. The number of hydrogen-bond acceptors (Lipinski definition) is 3. The first kappa shape index (κ1) is 10.2. The summed E-state index contributed by atoms with van der Waals surface area (Å²) in [7, 11) is 0. The third-order valence-corrected chi connectivity index (χ3v) is 1.56. The molecule has 3 nitrogen and oxygen atoms in total. The van der Waals surface area contributed by atoms with Crippen molar-refractivity contribution < 1.29 is 18.0 Å². The average molecular weight is 200 g/mol. The lowest BCUT2D eigenvalue weighted by Crippen LogP contribution is -2.02. The number of nitrogens with zero attached hydrogens (tertiary/aromatic N) is 2. The molecule has 0 saturated heterocycles. The van der Waals surface area contributed by atoms with Gasteiger partial charge in [0.1, 0.15) is 6.07 Å². The fourth-order valence-electron chi connectivity index (χ4n) is 0.917. The summed E-state index contributed by atoms with van der Waals surface area (Å²) in [5.74, 6) is -1.22. The van der Waals surface area contributed by atoms with Gasteiger partial charge in [-0.15, -0.1) is 0 Å². The van der Waals surface area contributed by atoms with E-state index in [1.54, 1.807) is 0 Å². The standard InChI is InChI=1S/C8H3F3N2O/c9-7(10)5-2-13-8(11)6(3-14)4(5)1-12/h2-3,7H. The zero-order valence-electron chi connectivity index (χ0n) is 6.67. The Bertz CT molecular complexity index is 412. The monoisotopic (exact) mass is 200 g/mol. The molecule has 0 fully saturated rings. The number of pyridine rings is 1. The second kappa shape index (κ2) is 3.87. The first-order valence-corrected chi connectivity index (χ1v) is 3.43. The number of halogens is 3. The molecule has 1 aromatic rings. The van der Waals surface area contributed by atoms with E-state index >= 15 is 0 Å². The second-order valence-electron chi connectivity index (χ2n) is 2.32. The lowest BCUT2D eigenvalue weighted by atomic mass is 10.1. The van der Waals surface area contributed by atoms with Gasteiger partial charge in [-0.2, -0.15) is 9.65 Å². The van der Waals surface area contributed by atoms with Crippen molar-refractivity contribution in [3.05, 3.63) is 28.8 Å². The van der Waals surface area contributed by atoms with Crippen LogP contribution >= 0.6 is 0 Å². The maximum atomic E-state index is 12.7. The Hall–Kier alpha value is -1.90. The Kier molecular flexibility index (Phi) is 2.82. The smallest absolute Gasteiger partial charge is 0.266 e. The molecule has 72 valence electrons. The summed E-state index contributed by atoms with van der Waals surface area (Å²) in [4.78, 5) is 13.3. The topological polar surface area (TPSA) is 53.8 Å². The van der Waals surface area contributed by atoms with Crippen molar-refractivity contribution in [2.45, 2.75) is 6.43 Å². The largest absolute Gasteiger partial charge is 0.298 e. The SMILES string of the molecule is N#Cc1c(C(F)F)cnc(F)c1C=O. The highest BCUT2D eigenvalue weighted by molar-refractivity contribution is 5.79. The van der Waals surface area contributed by atoms with E-state index in [1.807, 2.05) is 0 Å². The molecule has 0 unspecified atom stereocenters. The number of alkyl halides is 2. The van der Waals surface area contributed by atoms with Crippen LogP contribution in [0.4, 0.5) is 13.2 Å². The summed E-state index contributed by atoms with van der Waals surface area (Å²) in [6, 6.07) is 1.35. The summed E-state index contributed by atoms with van der Waals surface area (Å²) in [5.41, 5.74) is -2.14. The summed E-state index contributed by atoms with van der Waals surface area (Å²) in [5, 5.41) is 8.47. The average Bonchev–Trinajstić information content (AvgIpc) is 2.16. The van der Waals surface area contributed by atoms with Gasteiger partial charge in [-0.1, -0.05) is 0 Å². The fraction of sp³-hybridized carbons (Fsp3) is 0.125. The number of hydrogen-bond donors (Lipinski definition) is 0. The molecule has 0 radical (unpaired) electrons. The predicted molar refractivity (Wildman–Crippen MR) is 39.3 cm³/mol. The van der Waals surface area contributed by atoms with Crippen molar-refractivity contribution in [2.75, 3.05) is 0 Å². The van der Waals surface area contributed by atoms with Crippen molar-refractivity contribution in [2.24, 2.45) is 0 Å². The maximum absolute atomic E-state index is 12.7. The van der Waals surface area contributed by atoms with Crippen molar-refractivity contribution in [1.29, 1.82) is 5.26 Å². The van der Waals surface area contributed by atoms with Gasteiger partial charge < -0.3 is 0 Å². The zero-order chi connectivity index (χ0) is 10.7. The third-order valence-electron chi connectivity index (χ3n) is 1.56. The first-order valence-electron chi connectivity index (χ1n) is 3.43. The van der Waals surface area contributed by atoms with E-state index in [1.165, 1.54) is 6.07 Å². The molecule has 0 N–H and O–H groups in total. The van der Waals surface area contributed by atoms with Crippen LogP contribution in [0.25, 0.3) is 0 Å². The van der Waals surface area contributed by atoms with E-state index in [9.17, 15) is 18.0 Å². The number of carbonyl (C=O) groups excluding carboxylic acids is 1. The minimum atomic E-state index is -2.96. The molecule has 0 aromatic carbocycles. The normalized spacial score (nSPS) is 9.93. The molecule has 6 heteroatoms. The Morgan fingerprint density at radius 2 is 2.21 bits per heavy atom. The minimum Gasteiger partial charge on any atom is -0.298 e. The molecular formula is C8H3F3N2O. The number of nitriles is 1. The van der Waals surface area contributed by atoms with Crippen LogP contribution in [0.3, 0.4) is 0 Å². The highest BCUT2D eigenvalue weighted by Gasteiger charge is 2.19. The van der Waals surface area contributed by atoms with Crippen molar-refractivity contribution in [1.82, 2.24) is 4.98 Å². The second-order valence-corrected chi connectivity index (χ2v) is 2.32. The lowest BCUT2D eigenvalue weighted by molar-refractivity contribution is 0.111. The van der Waals surface area contributed by atoms with Crippen molar-refractivity contribution in [3.63, 3.8) is 0 Å². The molecule has 0 aliphatic carbocycles. The van der Waals surface area contributed by atoms with E-state index in [0.717, 1.165) is 0 Å². The number of rotatable bonds is 2. The van der Waals surface area contributed by atoms with Gasteiger partial charge in [0.05, 0.1) is 16.7 Å². The molecule has 0 aliphatic rings. The Labute approximate surface area is 76.8 Å². The Morgan fingerprint density at radius 1 is 1.57 bits per heavy atom. The molecule has 0 atom stereocenters. The van der Waals surface area contributed by atoms with Gasteiger partial charge in [-0.05, 0) is 0 Å². The molecular weight excluding hydrogens is 197 g/mol. The summed E-state index contributed by atoms with van der Waals surface area (Å²) in [6.07, 6.45) is -2.42. The molecule has 0 saturated carbocycles. The van der Waals surface area contributed by atoms with Gasteiger partial charge in [0.25, 0.3) is 6.43 Å². The van der Waals surface area contributed by atoms with Gasteiger partial charge in [-0.25, -0.2) is 13.8 Å². The van der Waals surface area contributed by atoms with E-state index in [4.69, 9.17) is 5.26 Å². The van der Waals surface area contributed by atoms with Crippen LogP contribution in [-0.2, 0) is 0 Å². The molecule has 0 spiro atoms. The highest BCUT2D eigenvalue weighted by Crippen LogP contribution is 2.24. The Morgan fingerprint density at radius 3 is 2.64 bits per heavy atom. The van der Waals surface area contributed by atoms with Crippen LogP contribution in [0.2, 0.25) is 0 Å². The van der Waals surface area contributed by atoms with Gasteiger partial charge in [0.2, 0.25) is 5.95 Å². The summed E-state index contributed by atoms with van der Waals surface area (Å²) >= 11 is 0. The number of aromatic nitrogens is 1. The van der Waals surface area contributed by atoms with Crippen LogP contribution < -0.4 is 0 Å². The number of carbonyl (C=O) groups is 1. The van der Waals surface area contributed by atoms with Gasteiger partial charge in [-0.3, -0.25) is 4.79 Å². The zero-order valence-corrected chi connectivity index (χ0v) is 6.67. The van der Waals surface area contributed by atoms with Crippen LogP contribution in [-0.4, -0.2) is 11.3 Å². The van der Waals surface area contributed by atoms with Crippen LogP contribution in [0.5, 0.6) is 0 Å². The molecule has 1 rings (SSSR count). The van der Waals surface area contributed by atoms with E-state index in [2.05, 4.69) is 4.98 Å². The molecule has 0 aliphatic heterocycles. The first-order chi connectivity index (χ1) is 6.61. The van der Waals surface area contributed by atoms with Crippen LogP contribution in [0.15, 0.2) is 6.20 Å². The van der Waals surface area contributed by atoms with Gasteiger partial charge in [0, 0.05) is 6.20 Å². The molecule has 0 bridgehead atoms. The third kappa shape index (κ3) is 1.57. The van der Waals surface area contributed by atoms with Crippen molar-refractivity contribution >= 4 is 6.29 Å². The summed E-state index contributed by atoms with van der Waals surface area (Å²) < 4.78 is 37.2. The molecule has 1 aromatic heterocycles. The van der Waals surface area contributed by atoms with Crippen molar-refractivity contribution in [3.8, 4) is 6.07 Å². The predicted octanol–water partition coefficient (Wildman–Crippen LogP) is 1.84. The molecule has 0 amide bonds. The molecule has 14 heavy (non-hydrogen) atoms. The quantitative estimate of drug-likeness (QED) is 0.540. The lowest BCUT2D eigenvalue weighted by Gasteiger charge is -2.03. The van der Waals surface area contributed by atoms with Crippen LogP contribution in [0, 0.1) is 17.3 Å². The fourth-order valence-corrected chi connectivity index (χ4v) is 0.917. The summed E-state index contributed by atoms with van der Waals surface area (Å²) in [6.45, 7) is 0. The minimum absolute atomic E-state index is 0.00718. The number of aldehydes is 1. The molecule has 1 heterocycles. The van der Waals surface area contributed by atoms with Gasteiger partial charge >= 0.3 is 0 Å². The van der Waals surface area contributed by atoms with E-state index < -0.39 is 29.1 Å². The van der Waals surface area contributed by atoms with E-state index in [0.29, 0.717) is 6.20 Å². The van der Waals surface area contributed by atoms with Crippen LogP contribution in [0.1, 0.15) is 27.9 Å². The van der Waals surface area contributed by atoms with Gasteiger partial charge in [0.15, 0.2) is 6.29 Å². The van der Waals surface area contributed by atoms with E-state index in [-0.39, 0.29) is 6.29 Å². The highest BCUT2D eigenvalue weighted by atomic mass is 19.3.